The highest BCUT2D eigenvalue weighted by molar-refractivity contribution is 6.33. The van der Waals surface area contributed by atoms with Gasteiger partial charge in [0, 0.05) is 13.0 Å². The van der Waals surface area contributed by atoms with E-state index in [-0.39, 0.29) is 5.78 Å². The molecule has 2 rings (SSSR count). The molecule has 21 heavy (non-hydrogen) atoms. The maximum atomic E-state index is 12.5. The second kappa shape index (κ2) is 6.87. The second-order valence-corrected chi connectivity index (χ2v) is 5.86. The molecule has 0 amide bonds. The van der Waals surface area contributed by atoms with E-state index in [4.69, 9.17) is 11.6 Å². The first-order valence-electron chi connectivity index (χ1n) is 6.92. The van der Waals surface area contributed by atoms with Crippen molar-refractivity contribution in [1.82, 2.24) is 14.7 Å². The standard InChI is InChI=1S/C16H20ClN3O/c1-12-5-4-6-13(9-12)10-15(21)16-14(17)11-18-20(16)8-7-19(2)3/h4-6,9,11H,7-8,10H2,1-3H3. The van der Waals surface area contributed by atoms with Crippen molar-refractivity contribution in [3.63, 3.8) is 0 Å². The van der Waals surface area contributed by atoms with Crippen molar-refractivity contribution in [2.24, 2.45) is 0 Å². The van der Waals surface area contributed by atoms with Crippen LogP contribution in [0.5, 0.6) is 0 Å². The van der Waals surface area contributed by atoms with E-state index in [0.717, 1.165) is 17.7 Å². The Kier molecular flexibility index (Phi) is 5.15. The summed E-state index contributed by atoms with van der Waals surface area (Å²) < 4.78 is 1.69. The SMILES string of the molecule is Cc1cccc(CC(=O)c2c(Cl)cnn2CCN(C)C)c1. The molecule has 2 aromatic rings. The third kappa shape index (κ3) is 4.16. The van der Waals surface area contributed by atoms with Crippen LogP contribution in [-0.4, -0.2) is 41.1 Å². The molecule has 5 heteroatoms. The van der Waals surface area contributed by atoms with E-state index in [1.165, 1.54) is 0 Å². The number of aryl methyl sites for hydroxylation is 1. The Hall–Kier alpha value is -1.65. The lowest BCUT2D eigenvalue weighted by Gasteiger charge is -2.11. The second-order valence-electron chi connectivity index (χ2n) is 5.46. The lowest BCUT2D eigenvalue weighted by atomic mass is 10.0. The molecular formula is C16H20ClN3O. The number of hydrogen-bond acceptors (Lipinski definition) is 3. The van der Waals surface area contributed by atoms with Gasteiger partial charge in [-0.15, -0.1) is 0 Å². The Morgan fingerprint density at radius 3 is 2.81 bits per heavy atom. The Bertz CT molecular complexity index is 634. The third-order valence-electron chi connectivity index (χ3n) is 3.27. The van der Waals surface area contributed by atoms with Gasteiger partial charge in [-0.1, -0.05) is 41.4 Å². The number of benzene rings is 1. The van der Waals surface area contributed by atoms with Gasteiger partial charge in [-0.05, 0) is 26.6 Å². The first kappa shape index (κ1) is 15.7. The molecule has 0 spiro atoms. The van der Waals surface area contributed by atoms with Crippen molar-refractivity contribution in [1.29, 1.82) is 0 Å². The van der Waals surface area contributed by atoms with Crippen LogP contribution in [0.25, 0.3) is 0 Å². The van der Waals surface area contributed by atoms with Crippen LogP contribution in [0, 0.1) is 6.92 Å². The van der Waals surface area contributed by atoms with Gasteiger partial charge >= 0.3 is 0 Å². The number of ketones is 1. The minimum atomic E-state index is 0.00172. The monoisotopic (exact) mass is 305 g/mol. The summed E-state index contributed by atoms with van der Waals surface area (Å²) in [5.41, 5.74) is 2.64. The molecule has 1 aromatic heterocycles. The molecule has 0 N–H and O–H groups in total. The summed E-state index contributed by atoms with van der Waals surface area (Å²) in [7, 11) is 3.97. The Morgan fingerprint density at radius 2 is 2.14 bits per heavy atom. The highest BCUT2D eigenvalue weighted by atomic mass is 35.5. The van der Waals surface area contributed by atoms with Crippen LogP contribution in [-0.2, 0) is 13.0 Å². The average molecular weight is 306 g/mol. The Labute approximate surface area is 130 Å². The molecule has 0 aliphatic carbocycles. The third-order valence-corrected chi connectivity index (χ3v) is 3.54. The van der Waals surface area contributed by atoms with Crippen LogP contribution in [0.1, 0.15) is 21.6 Å². The van der Waals surface area contributed by atoms with Crippen LogP contribution < -0.4 is 0 Å². The zero-order valence-corrected chi connectivity index (χ0v) is 13.4. The van der Waals surface area contributed by atoms with Gasteiger partial charge in [0.2, 0.25) is 0 Å². The summed E-state index contributed by atoms with van der Waals surface area (Å²) in [5, 5.41) is 4.63. The zero-order chi connectivity index (χ0) is 15.4. The van der Waals surface area contributed by atoms with Crippen molar-refractivity contribution in [3.05, 3.63) is 52.3 Å². The van der Waals surface area contributed by atoms with Crippen LogP contribution in [0.15, 0.2) is 30.5 Å². The van der Waals surface area contributed by atoms with Gasteiger partial charge in [0.25, 0.3) is 0 Å². The lowest BCUT2D eigenvalue weighted by molar-refractivity contribution is 0.0982. The molecule has 0 aliphatic rings. The maximum absolute atomic E-state index is 12.5. The molecule has 0 atom stereocenters. The maximum Gasteiger partial charge on any atom is 0.186 e. The van der Waals surface area contributed by atoms with Crippen molar-refractivity contribution >= 4 is 17.4 Å². The van der Waals surface area contributed by atoms with E-state index in [1.54, 1.807) is 10.9 Å². The quantitative estimate of drug-likeness (QED) is 0.770. The van der Waals surface area contributed by atoms with Crippen LogP contribution in [0.4, 0.5) is 0 Å². The molecule has 1 aromatic carbocycles. The van der Waals surface area contributed by atoms with Crippen LogP contribution in [0.2, 0.25) is 5.02 Å². The Morgan fingerprint density at radius 1 is 1.38 bits per heavy atom. The molecule has 1 heterocycles. The van der Waals surface area contributed by atoms with Crippen molar-refractivity contribution in [2.75, 3.05) is 20.6 Å². The largest absolute Gasteiger partial charge is 0.308 e. The number of aromatic nitrogens is 2. The zero-order valence-electron chi connectivity index (χ0n) is 12.6. The van der Waals surface area contributed by atoms with E-state index in [0.29, 0.717) is 23.7 Å². The molecular weight excluding hydrogens is 286 g/mol. The predicted molar refractivity (Wildman–Crippen MR) is 85.0 cm³/mol. The van der Waals surface area contributed by atoms with E-state index in [1.807, 2.05) is 50.2 Å². The summed E-state index contributed by atoms with van der Waals surface area (Å²) in [6, 6.07) is 7.96. The highest BCUT2D eigenvalue weighted by Gasteiger charge is 2.17. The van der Waals surface area contributed by atoms with E-state index < -0.39 is 0 Å². The fourth-order valence-electron chi connectivity index (χ4n) is 2.20. The number of hydrogen-bond donors (Lipinski definition) is 0. The van der Waals surface area contributed by atoms with Gasteiger partial charge in [-0.25, -0.2) is 0 Å². The number of carbonyl (C=O) groups excluding carboxylic acids is 1. The molecule has 0 saturated carbocycles. The van der Waals surface area contributed by atoms with Gasteiger partial charge in [-0.2, -0.15) is 5.10 Å². The van der Waals surface area contributed by atoms with Crippen molar-refractivity contribution < 1.29 is 4.79 Å². The molecule has 0 saturated heterocycles. The topological polar surface area (TPSA) is 38.1 Å². The molecule has 4 nitrogen and oxygen atoms in total. The minimum absolute atomic E-state index is 0.00172. The number of carbonyl (C=O) groups is 1. The van der Waals surface area contributed by atoms with Gasteiger partial charge in [0.1, 0.15) is 5.69 Å². The number of halogens is 1. The molecule has 112 valence electrons. The fraction of sp³-hybridized carbons (Fsp3) is 0.375. The van der Waals surface area contributed by atoms with E-state index >= 15 is 0 Å². The summed E-state index contributed by atoms with van der Waals surface area (Å²) >= 11 is 6.13. The number of likely N-dealkylation sites (N-methyl/N-ethyl adjacent to an activating group) is 1. The van der Waals surface area contributed by atoms with Gasteiger partial charge in [-0.3, -0.25) is 9.48 Å². The summed E-state index contributed by atoms with van der Waals surface area (Å²) in [4.78, 5) is 14.6. The first-order chi connectivity index (χ1) is 9.97. The van der Waals surface area contributed by atoms with Crippen LogP contribution >= 0.6 is 11.6 Å². The lowest BCUT2D eigenvalue weighted by Crippen LogP contribution is -2.22. The molecule has 0 aliphatic heterocycles. The number of Topliss-reactive ketones (excluding diaryl/α,β-unsaturated/α-hetero) is 1. The summed E-state index contributed by atoms with van der Waals surface area (Å²) in [6.45, 7) is 3.47. The fourth-order valence-corrected chi connectivity index (χ4v) is 2.44. The molecule has 0 unspecified atom stereocenters. The molecule has 0 radical (unpaired) electrons. The van der Waals surface area contributed by atoms with E-state index in [2.05, 4.69) is 5.10 Å². The summed E-state index contributed by atoms with van der Waals surface area (Å²) in [5.74, 6) is 0.00172. The smallest absolute Gasteiger partial charge is 0.186 e. The highest BCUT2D eigenvalue weighted by Crippen LogP contribution is 2.18. The average Bonchev–Trinajstić information content (AvgIpc) is 2.77. The predicted octanol–water partition coefficient (Wildman–Crippen LogP) is 2.83. The normalized spacial score (nSPS) is 11.1. The summed E-state index contributed by atoms with van der Waals surface area (Å²) in [6.07, 6.45) is 1.88. The van der Waals surface area contributed by atoms with E-state index in [9.17, 15) is 4.79 Å². The van der Waals surface area contributed by atoms with Gasteiger partial charge in [0.15, 0.2) is 5.78 Å². The first-order valence-corrected chi connectivity index (χ1v) is 7.30. The van der Waals surface area contributed by atoms with Gasteiger partial charge in [0.05, 0.1) is 17.8 Å². The van der Waals surface area contributed by atoms with Crippen molar-refractivity contribution in [2.45, 2.75) is 19.9 Å². The number of rotatable bonds is 6. The number of nitrogens with zero attached hydrogens (tertiary/aromatic N) is 3. The van der Waals surface area contributed by atoms with Crippen LogP contribution in [0.3, 0.4) is 0 Å². The Balaban J connectivity index is 2.17. The minimum Gasteiger partial charge on any atom is -0.308 e. The molecule has 0 bridgehead atoms. The molecule has 0 fully saturated rings. The van der Waals surface area contributed by atoms with Crippen molar-refractivity contribution in [3.8, 4) is 0 Å². The van der Waals surface area contributed by atoms with Gasteiger partial charge < -0.3 is 4.90 Å².